The van der Waals surface area contributed by atoms with Crippen molar-refractivity contribution in [3.63, 3.8) is 0 Å². The van der Waals surface area contributed by atoms with Gasteiger partial charge in [0.05, 0.1) is 0 Å². The second-order valence-corrected chi connectivity index (χ2v) is 32.5. The van der Waals surface area contributed by atoms with Crippen molar-refractivity contribution in [1.29, 1.82) is 0 Å². The van der Waals surface area contributed by atoms with Crippen molar-refractivity contribution in [3.05, 3.63) is 35.6 Å². The number of hydrogen-bond donors (Lipinski definition) is 4. The van der Waals surface area contributed by atoms with Crippen LogP contribution in [0.1, 0.15) is 26.7 Å². The molecule has 0 aromatic heterocycles. The van der Waals surface area contributed by atoms with Gasteiger partial charge in [-0.1, -0.05) is 0 Å². The molecule has 5 N–H and O–H groups in total. The molecule has 2 aliphatic rings. The van der Waals surface area contributed by atoms with E-state index in [1.54, 1.807) is 32.1 Å². The number of halogens is 3. The Bertz CT molecular complexity index is 1030. The Kier molecular flexibility index (Phi) is 9.62. The molecule has 1 amide bonds. The van der Waals surface area contributed by atoms with Crippen molar-refractivity contribution < 1.29 is 37.6 Å². The van der Waals surface area contributed by atoms with Crippen LogP contribution in [-0.2, 0) is 19.1 Å². The minimum absolute atomic E-state index is 0.00280. The first-order valence-corrected chi connectivity index (χ1v) is 22.5. The van der Waals surface area contributed by atoms with Gasteiger partial charge in [-0.15, -0.1) is 0 Å². The average molecular weight is 820 g/mol. The summed E-state index contributed by atoms with van der Waals surface area (Å²) in [5.41, 5.74) is 4.69. The number of carbonyl (C=O) groups is 4. The van der Waals surface area contributed by atoms with Gasteiger partial charge in [0.25, 0.3) is 0 Å². The molecule has 0 aliphatic carbocycles. The van der Waals surface area contributed by atoms with Gasteiger partial charge in [0.2, 0.25) is 0 Å². The van der Waals surface area contributed by atoms with Gasteiger partial charge >= 0.3 is 219 Å². The van der Waals surface area contributed by atoms with Gasteiger partial charge in [-0.25, -0.2) is 0 Å². The van der Waals surface area contributed by atoms with E-state index in [0.29, 0.717) is 6.42 Å². The van der Waals surface area contributed by atoms with Crippen LogP contribution in [0.3, 0.4) is 0 Å². The number of alkyl halides is 5. The molecule has 0 bridgehead atoms. The summed E-state index contributed by atoms with van der Waals surface area (Å²) in [6.45, 7) is 3.51. The fourth-order valence-corrected chi connectivity index (χ4v) is 44.3. The third-order valence-electron chi connectivity index (χ3n) is 5.07. The number of rotatable bonds is 7. The number of carbonyl (C=O) groups excluding carboxylic acids is 4. The number of nitrogens with two attached hydrogens (primary N) is 1. The van der Waals surface area contributed by atoms with E-state index in [0.717, 1.165) is 0 Å². The van der Waals surface area contributed by atoms with E-state index < -0.39 is 95.1 Å². The quantitative estimate of drug-likeness (QED) is 0.0755. The summed E-state index contributed by atoms with van der Waals surface area (Å²) in [6.07, 6.45) is 6.83. The Morgan fingerprint density at radius 1 is 1.29 bits per heavy atom. The second-order valence-electron chi connectivity index (χ2n) is 8.03. The summed E-state index contributed by atoms with van der Waals surface area (Å²) < 4.78 is 13.7. The number of hydrogen-bond acceptors (Lipinski definition) is 9. The predicted octanol–water partition coefficient (Wildman–Crippen LogP) is 3.07. The molecule has 34 heavy (non-hydrogen) atoms. The van der Waals surface area contributed by atoms with E-state index in [9.17, 15) is 32.8 Å². The normalized spacial score (nSPS) is 29.5. The van der Waals surface area contributed by atoms with E-state index in [-0.39, 0.29) is 11.9 Å². The number of amides is 1. The molecule has 2 rings (SSSR count). The number of allylic oxidation sites excluding steroid dienone is 3. The van der Waals surface area contributed by atoms with E-state index in [1.165, 1.54) is 30.0 Å². The maximum atomic E-state index is 13.8. The molecule has 194 valence electrons. The number of likely N-dealkylation sites (N-methyl/N-ethyl adjacent to an activating group) is 1. The topological polar surface area (TPSA) is 167 Å². The number of aliphatic hydroxyl groups excluding tert-OH is 2. The van der Waals surface area contributed by atoms with Crippen LogP contribution < -0.4 is 5.73 Å². The SMILES string of the molecule is CCCC(=O)O[C@@H](I1C(=O)I=C(O)/C=C\C=C\[C@@H]1C)I1(C)(O)C(=O)C(C(N)=O)=C(O)[C@H]1N(C)C. The fraction of sp³-hybridized carbons (Fsp3) is 0.476. The van der Waals surface area contributed by atoms with Gasteiger partial charge in [-0.3, -0.25) is 0 Å². The van der Waals surface area contributed by atoms with Gasteiger partial charge in [0, 0.05) is 0 Å². The second kappa shape index (κ2) is 11.1. The standard InChI is InChI=1S/C21H31I3N2O8/c1-6-9-14(28)34-21(23-12(2)10-7-8-11-13(27)22-20(23)32)24(3,33)17(26(4)5)16(29)15(18(24)30)19(25)31/h7-8,10-12,17,21,27,29,33H,6,9H2,1-5H3,(H2,25,31)/b10-7+,11-8-/t12-,17+,21-/m0/s1. The van der Waals surface area contributed by atoms with Crippen LogP contribution >= 0.6 is 58.0 Å². The van der Waals surface area contributed by atoms with Crippen LogP contribution in [0.2, 0.25) is 0 Å². The first-order chi connectivity index (χ1) is 15.7. The summed E-state index contributed by atoms with van der Waals surface area (Å²) in [7, 11) is 3.02. The number of nitrogens with zero attached hydrogens (tertiary/aromatic N) is 1. The molecule has 13 heteroatoms. The van der Waals surface area contributed by atoms with Crippen molar-refractivity contribution in [3.8, 4) is 0 Å². The number of ether oxygens (including phenoxy) is 1. The molecule has 0 aromatic rings. The zero-order chi connectivity index (χ0) is 26.0. The Morgan fingerprint density at radius 2 is 1.91 bits per heavy atom. The molecule has 2 heterocycles. The fourth-order valence-electron chi connectivity index (χ4n) is 3.64. The Hall–Kier alpha value is -0.760. The van der Waals surface area contributed by atoms with Crippen LogP contribution in [-0.4, -0.2) is 68.8 Å². The summed E-state index contributed by atoms with van der Waals surface area (Å²) in [4.78, 5) is 54.9. The molecule has 0 fully saturated rings. The predicted molar refractivity (Wildman–Crippen MR) is 156 cm³/mol. The molecule has 0 unspecified atom stereocenters. The molecule has 2 aliphatic heterocycles. The number of aliphatic hydroxyl groups is 2. The molecule has 3 atom stereocenters. The molecular weight excluding hydrogens is 789 g/mol. The van der Waals surface area contributed by atoms with Crippen molar-refractivity contribution in [2.45, 2.75) is 36.8 Å². The maximum absolute atomic E-state index is 13.8. The Labute approximate surface area is 217 Å². The molecule has 10 nitrogen and oxygen atoms in total. The first kappa shape index (κ1) is 29.5. The van der Waals surface area contributed by atoms with Crippen LogP contribution in [0.25, 0.3) is 0 Å². The summed E-state index contributed by atoms with van der Waals surface area (Å²) >= 11 is -10.8. The van der Waals surface area contributed by atoms with Crippen LogP contribution in [0.15, 0.2) is 35.6 Å². The summed E-state index contributed by atoms with van der Waals surface area (Å²) in [6, 6.07) is 0. The third-order valence-corrected chi connectivity index (χ3v) is 37.6. The summed E-state index contributed by atoms with van der Waals surface area (Å²) in [5, 5.41) is 21.1. The van der Waals surface area contributed by atoms with Crippen LogP contribution in [0.5, 0.6) is 0 Å². The van der Waals surface area contributed by atoms with Gasteiger partial charge in [-0.05, 0) is 0 Å². The van der Waals surface area contributed by atoms with E-state index in [1.807, 2.05) is 0 Å². The van der Waals surface area contributed by atoms with E-state index in [2.05, 4.69) is 0 Å². The number of esters is 1. The summed E-state index contributed by atoms with van der Waals surface area (Å²) in [5.74, 6) is -2.55. The van der Waals surface area contributed by atoms with Gasteiger partial charge < -0.3 is 0 Å². The zero-order valence-electron chi connectivity index (χ0n) is 19.5. The Balaban J connectivity index is 2.87. The molecular formula is C21H31I3N2O8. The molecule has 0 radical (unpaired) electrons. The minimum atomic E-state index is -5.96. The molecule has 0 spiro atoms. The third kappa shape index (κ3) is 5.33. The van der Waals surface area contributed by atoms with Crippen molar-refractivity contribution >= 4 is 79.2 Å². The van der Waals surface area contributed by atoms with Crippen molar-refractivity contribution in [2.75, 3.05) is 19.0 Å². The van der Waals surface area contributed by atoms with Crippen LogP contribution in [0.4, 0.5) is 4.79 Å². The first-order valence-electron chi connectivity index (χ1n) is 10.1. The van der Waals surface area contributed by atoms with Crippen molar-refractivity contribution in [1.82, 2.24) is 4.90 Å². The Morgan fingerprint density at radius 3 is 2.44 bits per heavy atom. The van der Waals surface area contributed by atoms with E-state index >= 15 is 0 Å². The van der Waals surface area contributed by atoms with Gasteiger partial charge in [-0.2, -0.15) is 0 Å². The van der Waals surface area contributed by atoms with Crippen LogP contribution in [0, 0.1) is 0 Å². The molecule has 0 saturated carbocycles. The zero-order valence-corrected chi connectivity index (χ0v) is 26.0. The van der Waals surface area contributed by atoms with Gasteiger partial charge in [0.15, 0.2) is 0 Å². The average Bonchev–Trinajstić information content (AvgIpc) is 2.90. The van der Waals surface area contributed by atoms with Crippen molar-refractivity contribution in [2.24, 2.45) is 5.73 Å². The molecule has 0 saturated heterocycles. The van der Waals surface area contributed by atoms with E-state index in [4.69, 9.17) is 10.5 Å². The van der Waals surface area contributed by atoms with Gasteiger partial charge in [0.1, 0.15) is 0 Å². The molecule has 0 aromatic carbocycles. The number of primary amides is 1. The monoisotopic (exact) mass is 820 g/mol.